The van der Waals surface area contributed by atoms with E-state index in [2.05, 4.69) is 16.0 Å². The van der Waals surface area contributed by atoms with Crippen LogP contribution in [0.25, 0.3) is 0 Å². The Morgan fingerprint density at radius 2 is 1.39 bits per heavy atom. The molecule has 0 aliphatic heterocycles. The number of carbonyl (C=O) groups is 4. The van der Waals surface area contributed by atoms with Crippen molar-refractivity contribution >= 4 is 23.5 Å². The number of amides is 3. The molecule has 1 rings (SSSR count). The Balaban J connectivity index is 2.08. The van der Waals surface area contributed by atoms with Crippen LogP contribution in [-0.2, 0) is 19.2 Å². The maximum Gasteiger partial charge on any atom is 0.220 e. The zero-order chi connectivity index (χ0) is 20.9. The first kappa shape index (κ1) is 24.1. The van der Waals surface area contributed by atoms with Crippen molar-refractivity contribution in [3.63, 3.8) is 0 Å². The highest BCUT2D eigenvalue weighted by Gasteiger charge is 2.28. The Morgan fingerprint density at radius 3 is 2.00 bits per heavy atom. The van der Waals surface area contributed by atoms with Gasteiger partial charge in [-0.1, -0.05) is 13.8 Å². The van der Waals surface area contributed by atoms with E-state index < -0.39 is 0 Å². The lowest BCUT2D eigenvalue weighted by Crippen LogP contribution is -2.39. The van der Waals surface area contributed by atoms with Crippen molar-refractivity contribution in [2.75, 3.05) is 13.1 Å². The number of ketones is 1. The standard InChI is InChI=1S/C21H37N3O4/c1-4-22-18(25)9-6-14-23-19(26)7-5-8-20(27)24-17-12-10-16(11-13-17)21(28)15(2)3/h15-17H,4-14H2,1-3H3,(H,22,25)(H,23,26)(H,24,27). The zero-order valence-corrected chi connectivity index (χ0v) is 17.6. The molecule has 28 heavy (non-hydrogen) atoms. The lowest BCUT2D eigenvalue weighted by atomic mass is 9.80. The molecule has 0 aromatic rings. The normalized spacial score (nSPS) is 19.1. The summed E-state index contributed by atoms with van der Waals surface area (Å²) in [6.45, 7) is 6.84. The first-order valence-corrected chi connectivity index (χ1v) is 10.7. The van der Waals surface area contributed by atoms with Crippen LogP contribution in [-0.4, -0.2) is 42.6 Å². The molecule has 0 aromatic heterocycles. The maximum atomic E-state index is 12.1. The van der Waals surface area contributed by atoms with E-state index in [0.717, 1.165) is 25.7 Å². The molecule has 0 unspecified atom stereocenters. The predicted molar refractivity (Wildman–Crippen MR) is 109 cm³/mol. The summed E-state index contributed by atoms with van der Waals surface area (Å²) >= 11 is 0. The van der Waals surface area contributed by atoms with Gasteiger partial charge >= 0.3 is 0 Å². The topological polar surface area (TPSA) is 104 Å². The minimum Gasteiger partial charge on any atom is -0.356 e. The molecule has 160 valence electrons. The summed E-state index contributed by atoms with van der Waals surface area (Å²) in [4.78, 5) is 47.2. The summed E-state index contributed by atoms with van der Waals surface area (Å²) in [7, 11) is 0. The van der Waals surface area contributed by atoms with Crippen LogP contribution in [0.15, 0.2) is 0 Å². The maximum absolute atomic E-state index is 12.1. The van der Waals surface area contributed by atoms with Crippen LogP contribution in [0, 0.1) is 11.8 Å². The first-order chi connectivity index (χ1) is 13.3. The second-order valence-electron chi connectivity index (χ2n) is 7.93. The molecular weight excluding hydrogens is 358 g/mol. The van der Waals surface area contributed by atoms with Crippen molar-refractivity contribution < 1.29 is 19.2 Å². The molecule has 3 amide bonds. The minimum absolute atomic E-state index is 0.00368. The number of carbonyl (C=O) groups excluding carboxylic acids is 4. The van der Waals surface area contributed by atoms with E-state index in [9.17, 15) is 19.2 Å². The van der Waals surface area contributed by atoms with Gasteiger partial charge < -0.3 is 16.0 Å². The van der Waals surface area contributed by atoms with Gasteiger partial charge in [-0.15, -0.1) is 0 Å². The lowest BCUT2D eigenvalue weighted by Gasteiger charge is -2.29. The number of hydrogen-bond acceptors (Lipinski definition) is 4. The van der Waals surface area contributed by atoms with Crippen molar-refractivity contribution in [1.82, 2.24) is 16.0 Å². The van der Waals surface area contributed by atoms with Gasteiger partial charge in [-0.2, -0.15) is 0 Å². The van der Waals surface area contributed by atoms with Crippen LogP contribution in [0.2, 0.25) is 0 Å². The Morgan fingerprint density at radius 1 is 0.821 bits per heavy atom. The SMILES string of the molecule is CCNC(=O)CCCNC(=O)CCCC(=O)NC1CCC(C(=O)C(C)C)CC1. The fraction of sp³-hybridized carbons (Fsp3) is 0.810. The van der Waals surface area contributed by atoms with E-state index in [4.69, 9.17) is 0 Å². The number of hydrogen-bond donors (Lipinski definition) is 3. The second-order valence-corrected chi connectivity index (χ2v) is 7.93. The molecule has 3 N–H and O–H groups in total. The third-order valence-corrected chi connectivity index (χ3v) is 5.15. The molecule has 1 aliphatic rings. The number of Topliss-reactive ketones (excluding diaryl/α,β-unsaturated/α-hetero) is 1. The second kappa shape index (κ2) is 13.3. The molecule has 1 aliphatic carbocycles. The summed E-state index contributed by atoms with van der Waals surface area (Å²) in [6.07, 6.45) is 5.56. The van der Waals surface area contributed by atoms with Gasteiger partial charge in [0.05, 0.1) is 0 Å². The first-order valence-electron chi connectivity index (χ1n) is 10.7. The van der Waals surface area contributed by atoms with Gasteiger partial charge in [0.2, 0.25) is 17.7 Å². The average molecular weight is 396 g/mol. The average Bonchev–Trinajstić information content (AvgIpc) is 2.65. The van der Waals surface area contributed by atoms with Gasteiger partial charge in [-0.05, 0) is 45.4 Å². The van der Waals surface area contributed by atoms with Crippen molar-refractivity contribution in [2.45, 2.75) is 84.6 Å². The molecular formula is C21H37N3O4. The predicted octanol–water partition coefficient (Wildman–Crippen LogP) is 2.09. The highest BCUT2D eigenvalue weighted by Crippen LogP contribution is 2.27. The van der Waals surface area contributed by atoms with E-state index in [-0.39, 0.29) is 35.6 Å². The van der Waals surface area contributed by atoms with Crippen LogP contribution in [0.3, 0.4) is 0 Å². The van der Waals surface area contributed by atoms with Gasteiger partial charge in [0.1, 0.15) is 5.78 Å². The number of nitrogens with one attached hydrogen (secondary N) is 3. The highest BCUT2D eigenvalue weighted by molar-refractivity contribution is 5.83. The Hall–Kier alpha value is -1.92. The van der Waals surface area contributed by atoms with E-state index in [1.807, 2.05) is 20.8 Å². The third kappa shape index (κ3) is 9.85. The third-order valence-electron chi connectivity index (χ3n) is 5.15. The quantitative estimate of drug-likeness (QED) is 0.440. The molecule has 0 bridgehead atoms. The van der Waals surface area contributed by atoms with Crippen LogP contribution in [0.1, 0.15) is 78.6 Å². The zero-order valence-electron chi connectivity index (χ0n) is 17.6. The molecule has 1 saturated carbocycles. The van der Waals surface area contributed by atoms with Crippen molar-refractivity contribution in [3.05, 3.63) is 0 Å². The number of rotatable bonds is 12. The van der Waals surface area contributed by atoms with Crippen LogP contribution in [0.4, 0.5) is 0 Å². The van der Waals surface area contributed by atoms with Crippen LogP contribution < -0.4 is 16.0 Å². The van der Waals surface area contributed by atoms with E-state index >= 15 is 0 Å². The fourth-order valence-corrected chi connectivity index (χ4v) is 3.55. The molecule has 0 atom stereocenters. The Bertz CT molecular complexity index is 526. The van der Waals surface area contributed by atoms with Gasteiger partial charge in [0, 0.05) is 50.2 Å². The molecule has 0 heterocycles. The molecule has 0 spiro atoms. The molecule has 0 radical (unpaired) electrons. The van der Waals surface area contributed by atoms with Crippen molar-refractivity contribution in [3.8, 4) is 0 Å². The van der Waals surface area contributed by atoms with Gasteiger partial charge in [-0.25, -0.2) is 0 Å². The van der Waals surface area contributed by atoms with Gasteiger partial charge in [-0.3, -0.25) is 19.2 Å². The smallest absolute Gasteiger partial charge is 0.220 e. The van der Waals surface area contributed by atoms with Gasteiger partial charge in [0.15, 0.2) is 0 Å². The minimum atomic E-state index is -0.0867. The summed E-state index contributed by atoms with van der Waals surface area (Å²) in [5.41, 5.74) is 0. The van der Waals surface area contributed by atoms with E-state index in [1.165, 1.54) is 0 Å². The summed E-state index contributed by atoms with van der Waals surface area (Å²) in [5.74, 6) is 0.442. The Labute approximate surface area is 168 Å². The molecule has 7 heteroatoms. The Kier molecular flexibility index (Phi) is 11.4. The lowest BCUT2D eigenvalue weighted by molar-refractivity contribution is -0.127. The fourth-order valence-electron chi connectivity index (χ4n) is 3.55. The highest BCUT2D eigenvalue weighted by atomic mass is 16.2. The van der Waals surface area contributed by atoms with E-state index in [1.54, 1.807) is 0 Å². The molecule has 7 nitrogen and oxygen atoms in total. The van der Waals surface area contributed by atoms with Gasteiger partial charge in [0.25, 0.3) is 0 Å². The molecule has 1 fully saturated rings. The van der Waals surface area contributed by atoms with Crippen molar-refractivity contribution in [1.29, 1.82) is 0 Å². The van der Waals surface area contributed by atoms with Crippen LogP contribution in [0.5, 0.6) is 0 Å². The largest absolute Gasteiger partial charge is 0.356 e. The van der Waals surface area contributed by atoms with Crippen LogP contribution >= 0.6 is 0 Å². The monoisotopic (exact) mass is 395 g/mol. The van der Waals surface area contributed by atoms with Crippen molar-refractivity contribution in [2.24, 2.45) is 11.8 Å². The summed E-state index contributed by atoms with van der Waals surface area (Å²) in [5, 5.41) is 8.52. The summed E-state index contributed by atoms with van der Waals surface area (Å²) in [6, 6.07) is 0.145. The molecule has 0 saturated heterocycles. The van der Waals surface area contributed by atoms with E-state index in [0.29, 0.717) is 51.0 Å². The molecule has 0 aromatic carbocycles. The summed E-state index contributed by atoms with van der Waals surface area (Å²) < 4.78 is 0.